The first-order valence-electron chi connectivity index (χ1n) is 11.5. The lowest BCUT2D eigenvalue weighted by Gasteiger charge is -2.42. The van der Waals surface area contributed by atoms with Crippen molar-refractivity contribution >= 4 is 11.9 Å². The summed E-state index contributed by atoms with van der Waals surface area (Å²) >= 11 is 0. The Morgan fingerprint density at radius 3 is 2.37 bits per heavy atom. The van der Waals surface area contributed by atoms with Crippen molar-refractivity contribution in [3.8, 4) is 0 Å². The molecule has 3 rings (SSSR count). The molecule has 1 aliphatic carbocycles. The second-order valence-electron chi connectivity index (χ2n) is 8.86. The van der Waals surface area contributed by atoms with Crippen LogP contribution in [0.2, 0.25) is 0 Å². The van der Waals surface area contributed by atoms with Gasteiger partial charge in [-0.15, -0.1) is 0 Å². The summed E-state index contributed by atoms with van der Waals surface area (Å²) in [5.41, 5.74) is 9.30. The monoisotopic (exact) mass is 412 g/mol. The SMILES string of the molecule is CCN(CC)c1ccc(CNCC2CCC(C3(N)N=CC=C(N(C)C)N3)CC2)cc1. The fourth-order valence-electron chi connectivity index (χ4n) is 4.62. The van der Waals surface area contributed by atoms with Crippen LogP contribution in [0.4, 0.5) is 5.69 Å². The summed E-state index contributed by atoms with van der Waals surface area (Å²) in [5, 5.41) is 7.12. The standard InChI is InChI=1S/C24H40N6/c1-5-30(6-2)22-13-9-20(10-14-22)18-26-17-19-7-11-21(12-8-19)24(25)27-16-15-23(28-24)29(3)4/h9-10,13-16,19,21,26,28H,5-8,11-12,17-18,25H2,1-4H3. The summed E-state index contributed by atoms with van der Waals surface area (Å²) in [6, 6.07) is 8.98. The third-order valence-corrected chi connectivity index (χ3v) is 6.63. The van der Waals surface area contributed by atoms with E-state index in [1.54, 1.807) is 0 Å². The molecule has 1 fully saturated rings. The van der Waals surface area contributed by atoms with Crippen LogP contribution in [0.1, 0.15) is 45.1 Å². The molecule has 0 saturated heterocycles. The average Bonchev–Trinajstić information content (AvgIpc) is 2.76. The molecule has 4 N–H and O–H groups in total. The normalized spacial score (nSPS) is 26.1. The highest BCUT2D eigenvalue weighted by Crippen LogP contribution is 2.35. The van der Waals surface area contributed by atoms with Crippen molar-refractivity contribution in [3.63, 3.8) is 0 Å². The van der Waals surface area contributed by atoms with Gasteiger partial charge >= 0.3 is 0 Å². The van der Waals surface area contributed by atoms with E-state index in [0.29, 0.717) is 5.92 Å². The van der Waals surface area contributed by atoms with Gasteiger partial charge in [0.2, 0.25) is 0 Å². The van der Waals surface area contributed by atoms with Gasteiger partial charge in [0.25, 0.3) is 0 Å². The molecule has 1 aliphatic heterocycles. The third-order valence-electron chi connectivity index (χ3n) is 6.63. The maximum Gasteiger partial charge on any atom is 0.186 e. The Hall–Kier alpha value is -2.05. The van der Waals surface area contributed by atoms with Gasteiger partial charge in [0.1, 0.15) is 5.82 Å². The number of hydrogen-bond acceptors (Lipinski definition) is 6. The Bertz CT molecular complexity index is 714. The largest absolute Gasteiger partial charge is 0.372 e. The summed E-state index contributed by atoms with van der Waals surface area (Å²) in [6.45, 7) is 8.51. The van der Waals surface area contributed by atoms with Gasteiger partial charge in [-0.2, -0.15) is 0 Å². The van der Waals surface area contributed by atoms with Gasteiger partial charge in [-0.1, -0.05) is 12.1 Å². The van der Waals surface area contributed by atoms with Gasteiger partial charge in [0.15, 0.2) is 5.79 Å². The van der Waals surface area contributed by atoms with Gasteiger partial charge in [-0.05, 0) is 75.8 Å². The lowest BCUT2D eigenvalue weighted by Crippen LogP contribution is -2.60. The maximum absolute atomic E-state index is 6.64. The highest BCUT2D eigenvalue weighted by molar-refractivity contribution is 5.73. The lowest BCUT2D eigenvalue weighted by atomic mass is 9.78. The fraction of sp³-hybridized carbons (Fsp3) is 0.625. The highest BCUT2D eigenvalue weighted by atomic mass is 15.3. The molecular formula is C24H40N6. The quantitative estimate of drug-likeness (QED) is 0.581. The van der Waals surface area contributed by atoms with E-state index in [2.05, 4.69) is 63.5 Å². The van der Waals surface area contributed by atoms with Crippen LogP contribution in [0.15, 0.2) is 41.2 Å². The van der Waals surface area contributed by atoms with E-state index in [1.807, 2.05) is 26.4 Å². The number of benzene rings is 1. The second kappa shape index (κ2) is 10.3. The molecule has 1 saturated carbocycles. The van der Waals surface area contributed by atoms with Crippen molar-refractivity contribution in [1.29, 1.82) is 0 Å². The summed E-state index contributed by atoms with van der Waals surface area (Å²) in [7, 11) is 4.05. The van der Waals surface area contributed by atoms with E-state index in [4.69, 9.17) is 5.73 Å². The fourth-order valence-corrected chi connectivity index (χ4v) is 4.62. The number of hydrogen-bond donors (Lipinski definition) is 3. The molecule has 1 unspecified atom stereocenters. The topological polar surface area (TPSA) is 68.9 Å². The van der Waals surface area contributed by atoms with Gasteiger partial charge < -0.3 is 20.4 Å². The number of allylic oxidation sites excluding steroid dienone is 1. The Morgan fingerprint density at radius 1 is 1.10 bits per heavy atom. The predicted molar refractivity (Wildman–Crippen MR) is 127 cm³/mol. The number of nitrogens with two attached hydrogens (primary N) is 1. The first kappa shape index (κ1) is 22.6. The summed E-state index contributed by atoms with van der Waals surface area (Å²) < 4.78 is 0. The molecule has 0 amide bonds. The van der Waals surface area contributed by atoms with Gasteiger partial charge in [-0.25, -0.2) is 0 Å². The first-order chi connectivity index (χ1) is 14.4. The van der Waals surface area contributed by atoms with E-state index < -0.39 is 5.79 Å². The Balaban J connectivity index is 1.41. The van der Waals surface area contributed by atoms with E-state index in [9.17, 15) is 0 Å². The molecule has 0 radical (unpaired) electrons. The number of rotatable bonds is 9. The second-order valence-corrected chi connectivity index (χ2v) is 8.86. The highest BCUT2D eigenvalue weighted by Gasteiger charge is 2.38. The van der Waals surface area contributed by atoms with Crippen LogP contribution >= 0.6 is 0 Å². The molecular weight excluding hydrogens is 372 g/mol. The van der Waals surface area contributed by atoms with Crippen molar-refractivity contribution < 1.29 is 0 Å². The van der Waals surface area contributed by atoms with Crippen LogP contribution in [0, 0.1) is 11.8 Å². The Morgan fingerprint density at radius 2 is 1.77 bits per heavy atom. The molecule has 1 atom stereocenters. The van der Waals surface area contributed by atoms with Crippen molar-refractivity contribution in [2.75, 3.05) is 38.6 Å². The molecule has 1 heterocycles. The van der Waals surface area contributed by atoms with Crippen LogP contribution in [-0.4, -0.2) is 50.6 Å². The molecule has 0 bridgehead atoms. The van der Waals surface area contributed by atoms with E-state index in [0.717, 1.165) is 50.8 Å². The van der Waals surface area contributed by atoms with Gasteiger partial charge in [0, 0.05) is 51.5 Å². The third kappa shape index (κ3) is 5.55. The van der Waals surface area contributed by atoms with E-state index in [-0.39, 0.29) is 0 Å². The van der Waals surface area contributed by atoms with Crippen molar-refractivity contribution in [1.82, 2.24) is 15.5 Å². The zero-order chi connectivity index (χ0) is 21.6. The molecule has 1 aromatic carbocycles. The molecule has 1 aromatic rings. The smallest absolute Gasteiger partial charge is 0.186 e. The number of nitrogens with zero attached hydrogens (tertiary/aromatic N) is 3. The Labute approximate surface area is 182 Å². The summed E-state index contributed by atoms with van der Waals surface area (Å²) in [6.07, 6.45) is 8.48. The molecule has 0 aromatic heterocycles. The minimum atomic E-state index is -0.667. The lowest BCUT2D eigenvalue weighted by molar-refractivity contribution is 0.146. The molecule has 166 valence electrons. The Kier molecular flexibility index (Phi) is 7.78. The number of aliphatic imine (C=N–C) groups is 1. The zero-order valence-electron chi connectivity index (χ0n) is 19.2. The van der Waals surface area contributed by atoms with Crippen LogP contribution in [0.3, 0.4) is 0 Å². The van der Waals surface area contributed by atoms with E-state index in [1.165, 1.54) is 24.1 Å². The molecule has 2 aliphatic rings. The first-order valence-corrected chi connectivity index (χ1v) is 11.5. The number of anilines is 1. The van der Waals surface area contributed by atoms with Gasteiger partial charge in [0.05, 0.1) is 0 Å². The van der Waals surface area contributed by atoms with Crippen LogP contribution in [0.5, 0.6) is 0 Å². The minimum absolute atomic E-state index is 0.376. The average molecular weight is 413 g/mol. The van der Waals surface area contributed by atoms with Crippen LogP contribution in [-0.2, 0) is 6.54 Å². The van der Waals surface area contributed by atoms with Gasteiger partial charge in [-0.3, -0.25) is 10.7 Å². The van der Waals surface area contributed by atoms with Crippen LogP contribution < -0.4 is 21.3 Å². The van der Waals surface area contributed by atoms with Crippen LogP contribution in [0.25, 0.3) is 0 Å². The van der Waals surface area contributed by atoms with Crippen molar-refractivity contribution in [2.24, 2.45) is 22.6 Å². The van der Waals surface area contributed by atoms with Crippen molar-refractivity contribution in [3.05, 3.63) is 41.7 Å². The predicted octanol–water partition coefficient (Wildman–Crippen LogP) is 3.12. The minimum Gasteiger partial charge on any atom is -0.372 e. The molecule has 6 nitrogen and oxygen atoms in total. The number of nitrogens with one attached hydrogen (secondary N) is 2. The molecule has 6 heteroatoms. The molecule has 30 heavy (non-hydrogen) atoms. The van der Waals surface area contributed by atoms with Crippen molar-refractivity contribution in [2.45, 2.75) is 51.9 Å². The summed E-state index contributed by atoms with van der Waals surface area (Å²) in [5.74, 6) is 1.46. The maximum atomic E-state index is 6.64. The summed E-state index contributed by atoms with van der Waals surface area (Å²) in [4.78, 5) is 9.03. The molecule has 0 spiro atoms. The zero-order valence-corrected chi connectivity index (χ0v) is 19.2. The van der Waals surface area contributed by atoms with E-state index >= 15 is 0 Å².